The quantitative estimate of drug-likeness (QED) is 0.294. The van der Waals surface area contributed by atoms with E-state index in [0.29, 0.717) is 5.15 Å². The van der Waals surface area contributed by atoms with Gasteiger partial charge in [-0.25, -0.2) is 9.97 Å². The van der Waals surface area contributed by atoms with E-state index in [1.807, 2.05) is 26.1 Å². The van der Waals surface area contributed by atoms with Crippen LogP contribution in [0.25, 0.3) is 11.0 Å². The Morgan fingerprint density at radius 2 is 1.74 bits per heavy atom. The third-order valence-electron chi connectivity index (χ3n) is 7.74. The molecule has 2 aromatic heterocycles. The zero-order valence-electron chi connectivity index (χ0n) is 21.0. The van der Waals surface area contributed by atoms with Gasteiger partial charge < -0.3 is 18.5 Å². The lowest BCUT2D eigenvalue weighted by Crippen LogP contribution is -2.43. The fourth-order valence-corrected chi connectivity index (χ4v) is 6.21. The maximum absolute atomic E-state index is 6.50. The van der Waals surface area contributed by atoms with Gasteiger partial charge in [0.15, 0.2) is 5.79 Å². The predicted octanol–water partition coefficient (Wildman–Crippen LogP) is 6.72. The molecule has 182 valence electrons. The summed E-state index contributed by atoms with van der Waals surface area (Å²) in [6.45, 7) is 15.3. The minimum absolute atomic E-state index is 0.0399. The van der Waals surface area contributed by atoms with Gasteiger partial charge in [-0.05, 0) is 62.2 Å². The van der Waals surface area contributed by atoms with E-state index in [2.05, 4.69) is 72.7 Å². The van der Waals surface area contributed by atoms with Crippen LogP contribution in [0.15, 0.2) is 42.9 Å². The Kier molecular flexibility index (Phi) is 5.63. The van der Waals surface area contributed by atoms with Crippen molar-refractivity contribution in [2.45, 2.75) is 89.1 Å². The summed E-state index contributed by atoms with van der Waals surface area (Å²) in [5.41, 5.74) is 2.07. The SMILES string of the molecule is CC1(C)O[C@@H]2[C@H](O1)[C@@H](c1ccc(O[Si](C)(C)C(C)(C)C)cc1)C[C@H]2n1ccc2c(Cl)ncnc21. The molecule has 8 heteroatoms. The van der Waals surface area contributed by atoms with Gasteiger partial charge in [-0.15, -0.1) is 0 Å². The smallest absolute Gasteiger partial charge is 0.250 e. The highest BCUT2D eigenvalue weighted by Crippen LogP contribution is 2.51. The molecule has 3 heterocycles. The van der Waals surface area contributed by atoms with Gasteiger partial charge in [0.1, 0.15) is 29.0 Å². The molecule has 0 unspecified atom stereocenters. The molecule has 2 fully saturated rings. The van der Waals surface area contributed by atoms with Crippen LogP contribution in [-0.4, -0.2) is 40.8 Å². The molecule has 3 aromatic rings. The van der Waals surface area contributed by atoms with Crippen LogP contribution in [0.3, 0.4) is 0 Å². The van der Waals surface area contributed by atoms with Crippen LogP contribution in [0.1, 0.15) is 58.6 Å². The third kappa shape index (κ3) is 4.06. The number of nitrogens with zero attached hydrogens (tertiary/aromatic N) is 3. The summed E-state index contributed by atoms with van der Waals surface area (Å²) in [5.74, 6) is 0.509. The van der Waals surface area contributed by atoms with E-state index in [-0.39, 0.29) is 29.2 Å². The van der Waals surface area contributed by atoms with Gasteiger partial charge in [-0.2, -0.15) is 0 Å². The summed E-state index contributed by atoms with van der Waals surface area (Å²) < 4.78 is 21.5. The largest absolute Gasteiger partial charge is 0.544 e. The molecule has 1 aliphatic heterocycles. The van der Waals surface area contributed by atoms with E-state index in [1.54, 1.807) is 0 Å². The second-order valence-corrected chi connectivity index (χ2v) is 16.6. The monoisotopic (exact) mass is 499 g/mol. The Bertz CT molecular complexity index is 1200. The second-order valence-electron chi connectivity index (χ2n) is 11.5. The van der Waals surface area contributed by atoms with E-state index >= 15 is 0 Å². The lowest BCUT2D eigenvalue weighted by Gasteiger charge is -2.36. The van der Waals surface area contributed by atoms with Crippen LogP contribution >= 0.6 is 11.6 Å². The Hall–Kier alpha value is -1.93. The molecule has 1 aromatic carbocycles. The summed E-state index contributed by atoms with van der Waals surface area (Å²) in [7, 11) is -1.88. The van der Waals surface area contributed by atoms with Crippen molar-refractivity contribution in [1.82, 2.24) is 14.5 Å². The maximum atomic E-state index is 6.50. The summed E-state index contributed by atoms with van der Waals surface area (Å²) in [4.78, 5) is 8.64. The molecule has 1 aliphatic carbocycles. The first kappa shape index (κ1) is 23.8. The van der Waals surface area contributed by atoms with Crippen LogP contribution in [-0.2, 0) is 9.47 Å². The Balaban J connectivity index is 1.45. The van der Waals surface area contributed by atoms with Crippen LogP contribution in [0.4, 0.5) is 0 Å². The number of halogens is 1. The van der Waals surface area contributed by atoms with E-state index in [1.165, 1.54) is 11.9 Å². The van der Waals surface area contributed by atoms with Gasteiger partial charge in [0.2, 0.25) is 8.32 Å². The highest BCUT2D eigenvalue weighted by molar-refractivity contribution is 6.74. The van der Waals surface area contributed by atoms with E-state index in [4.69, 9.17) is 25.5 Å². The van der Waals surface area contributed by atoms with Crippen LogP contribution in [0.2, 0.25) is 23.3 Å². The average molecular weight is 500 g/mol. The zero-order valence-corrected chi connectivity index (χ0v) is 22.8. The van der Waals surface area contributed by atoms with Gasteiger partial charge in [-0.3, -0.25) is 0 Å². The Morgan fingerprint density at radius 3 is 2.41 bits per heavy atom. The minimum atomic E-state index is -1.88. The molecule has 1 saturated carbocycles. The molecule has 0 radical (unpaired) electrons. The second kappa shape index (κ2) is 8.05. The molecule has 0 N–H and O–H groups in total. The van der Waals surface area contributed by atoms with Crippen molar-refractivity contribution in [1.29, 1.82) is 0 Å². The lowest BCUT2D eigenvalue weighted by atomic mass is 9.95. The van der Waals surface area contributed by atoms with Crippen molar-refractivity contribution in [3.63, 3.8) is 0 Å². The van der Waals surface area contributed by atoms with Gasteiger partial charge in [-0.1, -0.05) is 44.5 Å². The van der Waals surface area contributed by atoms with Gasteiger partial charge >= 0.3 is 0 Å². The molecule has 1 saturated heterocycles. The number of fused-ring (bicyclic) bond motifs is 2. The number of aromatic nitrogens is 3. The van der Waals surface area contributed by atoms with Crippen LogP contribution in [0, 0.1) is 0 Å². The van der Waals surface area contributed by atoms with E-state index in [9.17, 15) is 0 Å². The van der Waals surface area contributed by atoms with Gasteiger partial charge in [0.25, 0.3) is 0 Å². The highest BCUT2D eigenvalue weighted by atomic mass is 35.5. The van der Waals surface area contributed by atoms with Crippen molar-refractivity contribution in [2.75, 3.05) is 0 Å². The number of hydrogen-bond acceptors (Lipinski definition) is 5. The zero-order chi connectivity index (χ0) is 24.5. The fourth-order valence-electron chi connectivity index (χ4n) is 4.99. The molecule has 2 aliphatic rings. The summed E-state index contributed by atoms with van der Waals surface area (Å²) >= 11 is 6.32. The topological polar surface area (TPSA) is 58.4 Å². The Labute approximate surface area is 207 Å². The van der Waals surface area contributed by atoms with Crippen LogP contribution in [0.5, 0.6) is 5.75 Å². The van der Waals surface area contributed by atoms with Crippen molar-refractivity contribution in [2.24, 2.45) is 0 Å². The average Bonchev–Trinajstić information content (AvgIpc) is 3.39. The highest BCUT2D eigenvalue weighted by Gasteiger charge is 2.55. The number of ether oxygens (including phenoxy) is 2. The lowest BCUT2D eigenvalue weighted by molar-refractivity contribution is -0.157. The van der Waals surface area contributed by atoms with Crippen LogP contribution < -0.4 is 4.43 Å². The molecule has 6 nitrogen and oxygen atoms in total. The standard InChI is InChI=1S/C26H34ClN3O3Si/c1-25(2,3)34(6,7)33-17-10-8-16(9-11-17)19-14-20(22-21(19)31-26(4,5)32-22)30-13-12-18-23(27)28-15-29-24(18)30/h8-13,15,19-22H,14H2,1-7H3/t19-,20-,21-,22+/m1/s1. The molecule has 4 atom stereocenters. The van der Waals surface area contributed by atoms with Crippen molar-refractivity contribution >= 4 is 31.0 Å². The van der Waals surface area contributed by atoms with Crippen molar-refractivity contribution in [3.8, 4) is 5.75 Å². The fraction of sp³-hybridized carbons (Fsp3) is 0.538. The molecular weight excluding hydrogens is 466 g/mol. The van der Waals surface area contributed by atoms with E-state index in [0.717, 1.165) is 23.2 Å². The summed E-state index contributed by atoms with van der Waals surface area (Å²) in [6.07, 6.45) is 4.33. The first-order chi connectivity index (χ1) is 15.9. The minimum Gasteiger partial charge on any atom is -0.544 e. The number of benzene rings is 1. The van der Waals surface area contributed by atoms with Gasteiger partial charge in [0, 0.05) is 12.1 Å². The molecule has 0 amide bonds. The molecular formula is C26H34ClN3O3Si. The predicted molar refractivity (Wildman–Crippen MR) is 137 cm³/mol. The summed E-state index contributed by atoms with van der Waals surface area (Å²) in [6, 6.07) is 10.7. The first-order valence-corrected chi connectivity index (χ1v) is 15.3. The van der Waals surface area contributed by atoms with Crippen molar-refractivity contribution in [3.05, 3.63) is 53.6 Å². The van der Waals surface area contributed by atoms with E-state index < -0.39 is 14.1 Å². The maximum Gasteiger partial charge on any atom is 0.250 e. The number of rotatable bonds is 4. The molecule has 34 heavy (non-hydrogen) atoms. The molecule has 0 spiro atoms. The molecule has 0 bridgehead atoms. The van der Waals surface area contributed by atoms with Gasteiger partial charge in [0.05, 0.1) is 17.5 Å². The molecule has 5 rings (SSSR count). The normalized spacial score (nSPS) is 26.7. The first-order valence-electron chi connectivity index (χ1n) is 12.0. The van der Waals surface area contributed by atoms with Crippen molar-refractivity contribution < 1.29 is 13.9 Å². The Morgan fingerprint density at radius 1 is 1.06 bits per heavy atom. The number of hydrogen-bond donors (Lipinski definition) is 0. The summed E-state index contributed by atoms with van der Waals surface area (Å²) in [5, 5.41) is 1.48. The third-order valence-corrected chi connectivity index (χ3v) is 12.4.